The number of piperidine rings is 1. The van der Waals surface area contributed by atoms with Gasteiger partial charge in [0, 0.05) is 52.3 Å². The van der Waals surface area contributed by atoms with Crippen LogP contribution in [-0.2, 0) is 14.3 Å². The fourth-order valence-corrected chi connectivity index (χ4v) is 4.80. The zero-order valence-electron chi connectivity index (χ0n) is 19.4. The van der Waals surface area contributed by atoms with E-state index in [1.165, 1.54) is 38.5 Å². The number of unbranched alkanes of at least 4 members (excludes halogenated alkanes) is 2. The molecule has 31 heavy (non-hydrogen) atoms. The van der Waals surface area contributed by atoms with E-state index in [1.807, 2.05) is 11.9 Å². The lowest BCUT2D eigenvalue weighted by molar-refractivity contribution is -0.140. The number of amides is 1. The molecule has 1 N–H and O–H groups in total. The second-order valence-electron chi connectivity index (χ2n) is 8.86. The molecule has 2 saturated heterocycles. The van der Waals surface area contributed by atoms with Crippen molar-refractivity contribution >= 4 is 35.8 Å². The molecular weight excluding hydrogens is 507 g/mol. The average molecular weight is 551 g/mol. The van der Waals surface area contributed by atoms with Crippen LogP contribution < -0.4 is 5.32 Å². The Balaban J connectivity index is 0.00000341. The normalized spacial score (nSPS) is 21.6. The number of nitrogens with zero attached hydrogens (tertiary/aromatic N) is 3. The molecule has 0 radical (unpaired) electrons. The van der Waals surface area contributed by atoms with Crippen LogP contribution in [0.15, 0.2) is 4.99 Å². The Bertz CT molecular complexity index is 529. The maximum atomic E-state index is 12.7. The predicted octanol–water partition coefficient (Wildman–Crippen LogP) is 3.27. The molecule has 8 heteroatoms. The van der Waals surface area contributed by atoms with Gasteiger partial charge in [-0.2, -0.15) is 0 Å². The third kappa shape index (κ3) is 9.04. The van der Waals surface area contributed by atoms with Crippen LogP contribution in [0.1, 0.15) is 64.2 Å². The molecule has 3 rings (SSSR count). The number of nitrogens with one attached hydrogen (secondary N) is 1. The summed E-state index contributed by atoms with van der Waals surface area (Å²) in [7, 11) is 1.85. The number of carbonyl (C=O) groups excluding carboxylic acids is 1. The van der Waals surface area contributed by atoms with Gasteiger partial charge in [-0.25, -0.2) is 0 Å². The van der Waals surface area contributed by atoms with E-state index in [9.17, 15) is 4.79 Å². The summed E-state index contributed by atoms with van der Waals surface area (Å²) in [4.78, 5) is 21.4. The van der Waals surface area contributed by atoms with Gasteiger partial charge in [0.25, 0.3) is 0 Å². The Morgan fingerprint density at radius 1 is 0.968 bits per heavy atom. The van der Waals surface area contributed by atoms with Crippen molar-refractivity contribution in [1.82, 2.24) is 15.1 Å². The molecule has 0 aromatic carbocycles. The van der Waals surface area contributed by atoms with Crippen LogP contribution in [0.5, 0.6) is 0 Å². The number of ether oxygens (including phenoxy) is 2. The summed E-state index contributed by atoms with van der Waals surface area (Å²) in [5.41, 5.74) is 0. The molecule has 7 nitrogen and oxygen atoms in total. The van der Waals surface area contributed by atoms with Gasteiger partial charge in [0.15, 0.2) is 5.96 Å². The first-order valence-corrected chi connectivity index (χ1v) is 12.2. The molecular formula is C23H43IN4O3. The van der Waals surface area contributed by atoms with Gasteiger partial charge in [0.05, 0.1) is 19.3 Å². The summed E-state index contributed by atoms with van der Waals surface area (Å²) < 4.78 is 11.4. The summed E-state index contributed by atoms with van der Waals surface area (Å²) in [6, 6.07) is 0. The third-order valence-electron chi connectivity index (χ3n) is 6.69. The highest BCUT2D eigenvalue weighted by molar-refractivity contribution is 14.0. The summed E-state index contributed by atoms with van der Waals surface area (Å²) in [5, 5.41) is 3.51. The molecule has 1 aliphatic carbocycles. The van der Waals surface area contributed by atoms with Crippen molar-refractivity contribution in [2.75, 3.05) is 59.6 Å². The highest BCUT2D eigenvalue weighted by atomic mass is 127. The second kappa shape index (κ2) is 15.3. The number of guanidine groups is 1. The molecule has 0 unspecified atom stereocenters. The van der Waals surface area contributed by atoms with Crippen LogP contribution in [-0.4, -0.2) is 87.4 Å². The van der Waals surface area contributed by atoms with Crippen LogP contribution in [0, 0.1) is 5.92 Å². The van der Waals surface area contributed by atoms with Crippen molar-refractivity contribution in [3.63, 3.8) is 0 Å². The average Bonchev–Trinajstić information content (AvgIpc) is 2.82. The molecule has 2 aliphatic heterocycles. The number of aliphatic imine (C=N–C) groups is 1. The van der Waals surface area contributed by atoms with Crippen LogP contribution in [0.4, 0.5) is 0 Å². The van der Waals surface area contributed by atoms with E-state index >= 15 is 0 Å². The van der Waals surface area contributed by atoms with E-state index in [2.05, 4.69) is 15.2 Å². The molecule has 180 valence electrons. The molecule has 1 saturated carbocycles. The minimum Gasteiger partial charge on any atom is -0.378 e. The molecule has 0 bridgehead atoms. The molecule has 3 aliphatic rings. The first-order chi connectivity index (χ1) is 14.8. The first-order valence-electron chi connectivity index (χ1n) is 12.2. The fourth-order valence-electron chi connectivity index (χ4n) is 4.80. The number of halogens is 1. The van der Waals surface area contributed by atoms with Crippen molar-refractivity contribution < 1.29 is 14.3 Å². The quantitative estimate of drug-likeness (QED) is 0.218. The zero-order chi connectivity index (χ0) is 21.0. The van der Waals surface area contributed by atoms with Crippen LogP contribution in [0.2, 0.25) is 0 Å². The standard InChI is InChI=1S/C23H42N4O3.HI/c1-24-23(25-12-6-3-7-17-30-21-8-4-2-5-9-21)27-13-10-20(11-14-27)22(28)26-15-18-29-19-16-26;/h20-21H,2-19H2,1H3,(H,24,25);1H. The highest BCUT2D eigenvalue weighted by Gasteiger charge is 2.30. The smallest absolute Gasteiger partial charge is 0.225 e. The number of rotatable bonds is 8. The number of carbonyl (C=O) groups is 1. The minimum absolute atomic E-state index is 0. The van der Waals surface area contributed by atoms with Gasteiger partial charge in [-0.1, -0.05) is 19.3 Å². The van der Waals surface area contributed by atoms with Gasteiger partial charge in [0.1, 0.15) is 0 Å². The second-order valence-corrected chi connectivity index (χ2v) is 8.86. The Morgan fingerprint density at radius 2 is 1.68 bits per heavy atom. The number of morpholine rings is 1. The minimum atomic E-state index is 0. The van der Waals surface area contributed by atoms with Crippen molar-refractivity contribution in [2.24, 2.45) is 10.9 Å². The molecule has 1 amide bonds. The summed E-state index contributed by atoms with van der Waals surface area (Å²) in [6.45, 7) is 6.49. The first kappa shape index (κ1) is 26.6. The third-order valence-corrected chi connectivity index (χ3v) is 6.69. The van der Waals surface area contributed by atoms with Crippen LogP contribution >= 0.6 is 24.0 Å². The van der Waals surface area contributed by atoms with E-state index in [-0.39, 0.29) is 29.9 Å². The van der Waals surface area contributed by atoms with Gasteiger partial charge in [-0.15, -0.1) is 24.0 Å². The summed E-state index contributed by atoms with van der Waals surface area (Å²) >= 11 is 0. The number of hydrogen-bond donors (Lipinski definition) is 1. The fraction of sp³-hybridized carbons (Fsp3) is 0.913. The maximum Gasteiger partial charge on any atom is 0.225 e. The van der Waals surface area contributed by atoms with Crippen molar-refractivity contribution in [1.29, 1.82) is 0 Å². The summed E-state index contributed by atoms with van der Waals surface area (Å²) in [6.07, 6.45) is 12.4. The number of likely N-dealkylation sites (tertiary alicyclic amines) is 1. The van der Waals surface area contributed by atoms with Crippen molar-refractivity contribution in [3.05, 3.63) is 0 Å². The SMILES string of the molecule is CN=C(NCCCCCOC1CCCCC1)N1CCC(C(=O)N2CCOCC2)CC1.I. The highest BCUT2D eigenvalue weighted by Crippen LogP contribution is 2.21. The monoisotopic (exact) mass is 550 g/mol. The molecule has 0 atom stereocenters. The molecule has 3 fully saturated rings. The van der Waals surface area contributed by atoms with E-state index < -0.39 is 0 Å². The van der Waals surface area contributed by atoms with Gasteiger partial charge in [-0.3, -0.25) is 9.79 Å². The Kier molecular flexibility index (Phi) is 13.1. The maximum absolute atomic E-state index is 12.7. The Labute approximate surface area is 205 Å². The van der Waals surface area contributed by atoms with Crippen LogP contribution in [0.25, 0.3) is 0 Å². The lowest BCUT2D eigenvalue weighted by Crippen LogP contribution is -2.50. The largest absolute Gasteiger partial charge is 0.378 e. The topological polar surface area (TPSA) is 66.4 Å². The van der Waals surface area contributed by atoms with Gasteiger partial charge in [0.2, 0.25) is 5.91 Å². The molecule has 2 heterocycles. The Morgan fingerprint density at radius 3 is 2.35 bits per heavy atom. The zero-order valence-corrected chi connectivity index (χ0v) is 21.7. The van der Waals surface area contributed by atoms with Crippen LogP contribution in [0.3, 0.4) is 0 Å². The lowest BCUT2D eigenvalue weighted by atomic mass is 9.95. The van der Waals surface area contributed by atoms with Gasteiger partial charge < -0.3 is 24.6 Å². The van der Waals surface area contributed by atoms with E-state index in [4.69, 9.17) is 9.47 Å². The molecule has 0 spiro atoms. The van der Waals surface area contributed by atoms with E-state index in [0.717, 1.165) is 71.0 Å². The predicted molar refractivity (Wildman–Crippen MR) is 135 cm³/mol. The van der Waals surface area contributed by atoms with Gasteiger partial charge >= 0.3 is 0 Å². The molecule has 0 aromatic rings. The Hall–Kier alpha value is -0.610. The van der Waals surface area contributed by atoms with Crippen molar-refractivity contribution in [3.8, 4) is 0 Å². The number of hydrogen-bond acceptors (Lipinski definition) is 4. The summed E-state index contributed by atoms with van der Waals surface area (Å²) in [5.74, 6) is 1.45. The van der Waals surface area contributed by atoms with E-state index in [1.54, 1.807) is 0 Å². The van der Waals surface area contributed by atoms with Gasteiger partial charge in [-0.05, 0) is 44.9 Å². The van der Waals surface area contributed by atoms with Crippen molar-refractivity contribution in [2.45, 2.75) is 70.3 Å². The van der Waals surface area contributed by atoms with E-state index in [0.29, 0.717) is 25.2 Å². The lowest BCUT2D eigenvalue weighted by Gasteiger charge is -2.36. The molecule has 0 aromatic heterocycles.